The summed E-state index contributed by atoms with van der Waals surface area (Å²) in [7, 11) is 0. The van der Waals surface area contributed by atoms with Gasteiger partial charge in [0.15, 0.2) is 0 Å². The summed E-state index contributed by atoms with van der Waals surface area (Å²) in [5.74, 6) is 0. The quantitative estimate of drug-likeness (QED) is 0.452. The maximum atomic E-state index is 4.66. The molecule has 0 saturated heterocycles. The summed E-state index contributed by atoms with van der Waals surface area (Å²) in [5, 5.41) is 0. The molecule has 0 aromatic heterocycles. The van der Waals surface area contributed by atoms with Gasteiger partial charge in [-0.2, -0.15) is 0 Å². The molecule has 0 spiro atoms. The van der Waals surface area contributed by atoms with Crippen LogP contribution in [0.4, 0.5) is 0 Å². The molecule has 0 atom stereocenters. The van der Waals surface area contributed by atoms with Crippen LogP contribution in [0.3, 0.4) is 0 Å². The summed E-state index contributed by atoms with van der Waals surface area (Å²) < 4.78 is 0.167. The van der Waals surface area contributed by atoms with Crippen molar-refractivity contribution < 1.29 is 18.6 Å². The SMILES string of the molecule is C[CH2][Mo+2][CH2]C.NC(=S)[S-].NC(=S)[S-]. The fourth-order valence-corrected chi connectivity index (χ4v) is 1.21. The van der Waals surface area contributed by atoms with Gasteiger partial charge in [0.05, 0.1) is 0 Å². The second-order valence-corrected chi connectivity index (χ2v) is 7.54. The Labute approximate surface area is 111 Å². The number of hydrogen-bond acceptors (Lipinski definition) is 4. The second-order valence-electron chi connectivity index (χ2n) is 1.42. The average molecular weight is 338 g/mol. The molecule has 0 aliphatic carbocycles. The number of rotatable bonds is 2. The van der Waals surface area contributed by atoms with Gasteiger partial charge < -0.3 is 61.2 Å². The number of nitrogens with two attached hydrogens (primary N) is 2. The Morgan fingerprint density at radius 1 is 1.08 bits per heavy atom. The van der Waals surface area contributed by atoms with E-state index in [0.29, 0.717) is 18.6 Å². The Hall–Kier alpha value is 0.908. The summed E-state index contributed by atoms with van der Waals surface area (Å²) in [6.45, 7) is 4.54. The Bertz CT molecular complexity index is 110. The first-order valence-corrected chi connectivity index (χ1v) is 7.86. The van der Waals surface area contributed by atoms with Crippen molar-refractivity contribution in [3.05, 3.63) is 0 Å². The molecule has 0 aromatic carbocycles. The monoisotopic (exact) mass is 340 g/mol. The fourth-order valence-electron chi connectivity index (χ4n) is 0.204. The van der Waals surface area contributed by atoms with Gasteiger partial charge in [-0.15, -0.1) is 0 Å². The molecule has 4 N–H and O–H groups in total. The van der Waals surface area contributed by atoms with Crippen molar-refractivity contribution >= 4 is 58.3 Å². The summed E-state index contributed by atoms with van der Waals surface area (Å²) in [5.41, 5.74) is 9.31. The minimum atomic E-state index is 0.0833. The largest absolute Gasteiger partial charge is 0.415 e. The van der Waals surface area contributed by atoms with Crippen LogP contribution < -0.4 is 11.5 Å². The van der Waals surface area contributed by atoms with Crippen molar-refractivity contribution in [2.45, 2.75) is 23.5 Å². The predicted molar refractivity (Wildman–Crippen MR) is 69.3 cm³/mol. The number of hydrogen-bond donors (Lipinski definition) is 2. The van der Waals surface area contributed by atoms with E-state index < -0.39 is 0 Å². The van der Waals surface area contributed by atoms with Crippen LogP contribution in [0.25, 0.3) is 0 Å². The second kappa shape index (κ2) is 18.6. The minimum Gasteiger partial charge on any atom is -0.415 e. The average Bonchev–Trinajstić information content (AvgIpc) is 1.86. The van der Waals surface area contributed by atoms with Crippen LogP contribution >= 0.6 is 24.4 Å². The zero-order chi connectivity index (χ0) is 11.3. The smallest absolute Gasteiger partial charge is 0.0708 e. The molecule has 0 heterocycles. The van der Waals surface area contributed by atoms with Gasteiger partial charge in [-0.05, 0) is 0 Å². The maximum absolute atomic E-state index is 4.66. The minimum absolute atomic E-state index is 0.0833. The first-order valence-electron chi connectivity index (χ1n) is 3.39. The van der Waals surface area contributed by atoms with E-state index >= 15 is 0 Å². The topological polar surface area (TPSA) is 52.0 Å². The predicted octanol–water partition coefficient (Wildman–Crippen LogP) is 1.50. The molecular formula is C6H14MoN2S4. The molecule has 0 saturated carbocycles. The molecule has 0 aromatic rings. The van der Waals surface area contributed by atoms with Gasteiger partial charge in [-0.1, -0.05) is 8.64 Å². The van der Waals surface area contributed by atoms with Gasteiger partial charge in [0.1, 0.15) is 0 Å². The van der Waals surface area contributed by atoms with Crippen molar-refractivity contribution in [1.82, 2.24) is 0 Å². The molecule has 0 fully saturated rings. The van der Waals surface area contributed by atoms with E-state index in [1.807, 2.05) is 0 Å². The Morgan fingerprint density at radius 2 is 1.23 bits per heavy atom. The van der Waals surface area contributed by atoms with Crippen molar-refractivity contribution in [3.63, 3.8) is 0 Å². The zero-order valence-corrected chi connectivity index (χ0v) is 12.9. The Morgan fingerprint density at radius 3 is 1.23 bits per heavy atom. The molecule has 78 valence electrons. The van der Waals surface area contributed by atoms with Gasteiger partial charge in [-0.3, -0.25) is 0 Å². The molecule has 0 rings (SSSR count). The standard InChI is InChI=1S/2C2H5.2CH3NS2.Mo/c2*1-2;2*2-1(3)4;/h2*1H2,2H3;2*(H3,2,3,4);/q;;;;+2/p-2. The van der Waals surface area contributed by atoms with E-state index in [1.54, 1.807) is 0 Å². The molecule has 0 unspecified atom stereocenters. The van der Waals surface area contributed by atoms with E-state index in [9.17, 15) is 0 Å². The van der Waals surface area contributed by atoms with Gasteiger partial charge in [-0.25, -0.2) is 0 Å². The normalized spacial score (nSPS) is 6.62. The van der Waals surface area contributed by atoms with E-state index in [-0.39, 0.29) is 8.64 Å². The van der Waals surface area contributed by atoms with Crippen molar-refractivity contribution in [2.24, 2.45) is 11.5 Å². The first kappa shape index (κ1) is 19.5. The van der Waals surface area contributed by atoms with E-state index in [2.05, 4.69) is 75.0 Å². The number of thiocarbonyl (C=S) groups is 2. The molecule has 0 bridgehead atoms. The summed E-state index contributed by atoms with van der Waals surface area (Å²) in [6, 6.07) is 0. The van der Waals surface area contributed by atoms with Crippen molar-refractivity contribution in [2.75, 3.05) is 0 Å². The molecule has 0 amide bonds. The summed E-state index contributed by atoms with van der Waals surface area (Å²) >= 11 is 17.0. The molecule has 13 heavy (non-hydrogen) atoms. The Balaban J connectivity index is -0.000000117. The van der Waals surface area contributed by atoms with Gasteiger partial charge in [0, 0.05) is 0 Å². The van der Waals surface area contributed by atoms with Crippen LogP contribution in [0, 0.1) is 0 Å². The molecule has 0 aliphatic rings. The van der Waals surface area contributed by atoms with Crippen LogP contribution in [0.5, 0.6) is 0 Å². The third-order valence-corrected chi connectivity index (χ3v) is 2.42. The van der Waals surface area contributed by atoms with E-state index in [4.69, 9.17) is 0 Å². The van der Waals surface area contributed by atoms with Crippen molar-refractivity contribution in [1.29, 1.82) is 0 Å². The first-order chi connectivity index (χ1) is 5.88. The zero-order valence-electron chi connectivity index (χ0n) is 7.61. The third kappa shape index (κ3) is 182. The molecular weight excluding hydrogens is 324 g/mol. The van der Waals surface area contributed by atoms with Gasteiger partial charge >= 0.3 is 42.0 Å². The van der Waals surface area contributed by atoms with Gasteiger partial charge in [0.2, 0.25) is 0 Å². The van der Waals surface area contributed by atoms with Crippen molar-refractivity contribution in [3.8, 4) is 0 Å². The molecule has 7 heteroatoms. The van der Waals surface area contributed by atoms with Crippen LogP contribution in [0.1, 0.15) is 13.8 Å². The van der Waals surface area contributed by atoms with E-state index in [0.717, 1.165) is 0 Å². The Kier molecular flexibility index (Phi) is 27.9. The fraction of sp³-hybridized carbons (Fsp3) is 0.667. The van der Waals surface area contributed by atoms with E-state index in [1.165, 1.54) is 9.62 Å². The van der Waals surface area contributed by atoms with Crippen LogP contribution in [-0.2, 0) is 43.8 Å². The molecule has 0 radical (unpaired) electrons. The van der Waals surface area contributed by atoms with Crippen LogP contribution in [0.2, 0.25) is 9.62 Å². The molecule has 0 aliphatic heterocycles. The summed E-state index contributed by atoms with van der Waals surface area (Å²) in [4.78, 5) is 2.95. The van der Waals surface area contributed by atoms with Gasteiger partial charge in [0.25, 0.3) is 0 Å². The third-order valence-electron chi connectivity index (χ3n) is 0.408. The van der Waals surface area contributed by atoms with Crippen LogP contribution in [-0.4, -0.2) is 8.64 Å². The van der Waals surface area contributed by atoms with Crippen LogP contribution in [0.15, 0.2) is 0 Å². The summed E-state index contributed by atoms with van der Waals surface area (Å²) in [6.07, 6.45) is 0. The molecule has 2 nitrogen and oxygen atoms in total. The maximum Gasteiger partial charge on any atom is -0.0708 e.